The molecule has 0 aromatic heterocycles. The van der Waals surface area contributed by atoms with Crippen LogP contribution in [-0.2, 0) is 4.79 Å². The third-order valence-corrected chi connectivity index (χ3v) is 8.63. The molecule has 4 aliphatic carbocycles. The molecule has 0 aromatic carbocycles. The van der Waals surface area contributed by atoms with Gasteiger partial charge in [0, 0.05) is 17.8 Å². The van der Waals surface area contributed by atoms with Crippen LogP contribution in [0.5, 0.6) is 0 Å². The van der Waals surface area contributed by atoms with Crippen molar-refractivity contribution in [1.82, 2.24) is 0 Å². The molecule has 132 valence electrons. The smallest absolute Gasteiger partial charge is 0.133 e. The number of hydrogen-bond acceptors (Lipinski definition) is 3. The molecule has 4 saturated carbocycles. The molecule has 0 radical (unpaired) electrons. The van der Waals surface area contributed by atoms with E-state index in [0.29, 0.717) is 34.9 Å². The molecule has 0 unspecified atom stereocenters. The molecule has 0 heterocycles. The molecule has 24 heavy (non-hydrogen) atoms. The van der Waals surface area contributed by atoms with E-state index in [0.717, 1.165) is 44.9 Å². The van der Waals surface area contributed by atoms with Crippen LogP contribution in [0.4, 0.5) is 0 Å². The second-order valence-corrected chi connectivity index (χ2v) is 9.40. The van der Waals surface area contributed by atoms with E-state index in [1.165, 1.54) is 6.42 Å². The highest BCUT2D eigenvalue weighted by Gasteiger charge is 2.62. The Hall–Kier alpha value is -1.06. The summed E-state index contributed by atoms with van der Waals surface area (Å²) >= 11 is 0. The monoisotopic (exact) mass is 331 g/mol. The summed E-state index contributed by atoms with van der Waals surface area (Å²) in [6, 6.07) is -0.271. The van der Waals surface area contributed by atoms with Crippen LogP contribution >= 0.6 is 0 Å². The lowest BCUT2D eigenvalue weighted by Gasteiger charge is -2.60. The number of carbonyl (C=O) groups excluding carboxylic acids is 1. The predicted molar refractivity (Wildman–Crippen MR) is 91.1 cm³/mol. The summed E-state index contributed by atoms with van der Waals surface area (Å²) in [6.45, 7) is 4.67. The molecule has 0 saturated heterocycles. The first-order valence-corrected chi connectivity index (χ1v) is 9.64. The zero-order valence-electron chi connectivity index (χ0n) is 14.8. The topological polar surface area (TPSA) is 86.1 Å². The second kappa shape index (κ2) is 5.47. The fourth-order valence-corrected chi connectivity index (χ4v) is 7.30. The quantitative estimate of drug-likeness (QED) is 0.442. The van der Waals surface area contributed by atoms with Gasteiger partial charge in [-0.25, -0.2) is 0 Å². The molecule has 0 amide bonds. The van der Waals surface area contributed by atoms with Crippen molar-refractivity contribution in [3.8, 4) is 0 Å². The van der Waals surface area contributed by atoms with Crippen LogP contribution in [0.15, 0.2) is 5.11 Å². The molecule has 1 N–H and O–H groups in total. The Morgan fingerprint density at radius 3 is 2.71 bits per heavy atom. The molecule has 0 bridgehead atoms. The molecule has 4 rings (SSSR count). The minimum atomic E-state index is -0.492. The van der Waals surface area contributed by atoms with Crippen LogP contribution in [0.3, 0.4) is 0 Å². The average molecular weight is 331 g/mol. The normalized spacial score (nSPS) is 53.5. The lowest BCUT2D eigenvalue weighted by atomic mass is 9.45. The third-order valence-electron chi connectivity index (χ3n) is 8.63. The number of azide groups is 1. The zero-order chi connectivity index (χ0) is 17.1. The maximum atomic E-state index is 11.9. The van der Waals surface area contributed by atoms with Gasteiger partial charge in [0.1, 0.15) is 5.78 Å². The Morgan fingerprint density at radius 2 is 1.96 bits per heavy atom. The Morgan fingerprint density at radius 1 is 1.17 bits per heavy atom. The van der Waals surface area contributed by atoms with Crippen LogP contribution in [-0.4, -0.2) is 23.0 Å². The lowest BCUT2D eigenvalue weighted by molar-refractivity contribution is -0.138. The van der Waals surface area contributed by atoms with Crippen molar-refractivity contribution in [2.45, 2.75) is 77.4 Å². The summed E-state index contributed by atoms with van der Waals surface area (Å²) in [5, 5.41) is 14.5. The number of aliphatic hydroxyl groups excluding tert-OH is 1. The van der Waals surface area contributed by atoms with Crippen LogP contribution in [0.1, 0.15) is 65.2 Å². The molecule has 5 nitrogen and oxygen atoms in total. The molecule has 5 heteroatoms. The third kappa shape index (κ3) is 2.10. The minimum absolute atomic E-state index is 0.0551. The molecule has 4 aliphatic rings. The first kappa shape index (κ1) is 16.4. The number of carbonyl (C=O) groups is 1. The number of rotatable bonds is 1. The first-order chi connectivity index (χ1) is 11.4. The van der Waals surface area contributed by atoms with E-state index in [2.05, 4.69) is 23.9 Å². The van der Waals surface area contributed by atoms with Gasteiger partial charge in [0.15, 0.2) is 0 Å². The highest BCUT2D eigenvalue weighted by molar-refractivity contribution is 5.79. The van der Waals surface area contributed by atoms with Crippen molar-refractivity contribution < 1.29 is 9.90 Å². The Kier molecular flexibility index (Phi) is 3.74. The second-order valence-electron chi connectivity index (χ2n) is 9.40. The van der Waals surface area contributed by atoms with Gasteiger partial charge < -0.3 is 5.11 Å². The summed E-state index contributed by atoms with van der Waals surface area (Å²) in [7, 11) is 0. The van der Waals surface area contributed by atoms with Crippen molar-refractivity contribution >= 4 is 5.78 Å². The molecule has 0 spiro atoms. The number of nitrogens with zero attached hydrogens (tertiary/aromatic N) is 3. The molecule has 8 atom stereocenters. The van der Waals surface area contributed by atoms with Crippen molar-refractivity contribution in [2.75, 3.05) is 0 Å². The Labute approximate surface area is 143 Å². The van der Waals surface area contributed by atoms with Gasteiger partial charge in [-0.2, -0.15) is 0 Å². The van der Waals surface area contributed by atoms with Gasteiger partial charge in [-0.1, -0.05) is 19.0 Å². The van der Waals surface area contributed by atoms with E-state index >= 15 is 0 Å². The fourth-order valence-electron chi connectivity index (χ4n) is 7.30. The van der Waals surface area contributed by atoms with Crippen LogP contribution < -0.4 is 0 Å². The fraction of sp³-hybridized carbons (Fsp3) is 0.947. The standard InChI is InChI=1S/C19H29N3O2/c1-18-7-5-12(23)9-11(18)3-4-13-14(18)6-8-19(2)15(13)10-16(24)17(19)21-22-20/h11,13-17,24H,3-10H2,1-2H3/t11-,13+,14-,15-,16-,17+,18-,19-/m0/s1. The van der Waals surface area contributed by atoms with E-state index in [4.69, 9.17) is 5.53 Å². The van der Waals surface area contributed by atoms with Crippen LogP contribution in [0, 0.1) is 34.5 Å². The van der Waals surface area contributed by atoms with Gasteiger partial charge >= 0.3 is 0 Å². The van der Waals surface area contributed by atoms with Gasteiger partial charge in [0.25, 0.3) is 0 Å². The van der Waals surface area contributed by atoms with Gasteiger partial charge in [0.05, 0.1) is 12.1 Å². The SMILES string of the molecule is C[C@]12CCC(=O)C[C@@H]1CC[C@@H]1[C@@H]2CC[C@]2(C)[C@H](N=[N+]=[N-])[C@@H](O)C[C@@H]12. The van der Waals surface area contributed by atoms with E-state index in [9.17, 15) is 9.90 Å². The van der Waals surface area contributed by atoms with Gasteiger partial charge in [-0.15, -0.1) is 0 Å². The maximum absolute atomic E-state index is 11.9. The number of aliphatic hydroxyl groups is 1. The van der Waals surface area contributed by atoms with Crippen LogP contribution in [0.25, 0.3) is 10.4 Å². The molecule has 0 aliphatic heterocycles. The lowest BCUT2D eigenvalue weighted by Crippen LogP contribution is -2.54. The van der Waals surface area contributed by atoms with Crippen molar-refractivity contribution in [3.63, 3.8) is 0 Å². The first-order valence-electron chi connectivity index (χ1n) is 9.64. The molecular weight excluding hydrogens is 302 g/mol. The zero-order valence-corrected chi connectivity index (χ0v) is 14.8. The summed E-state index contributed by atoms with van der Waals surface area (Å²) in [5.41, 5.74) is 9.15. The van der Waals surface area contributed by atoms with Crippen molar-refractivity contribution in [3.05, 3.63) is 10.4 Å². The van der Waals surface area contributed by atoms with E-state index < -0.39 is 6.10 Å². The van der Waals surface area contributed by atoms with Gasteiger partial charge in [-0.3, -0.25) is 4.79 Å². The maximum Gasteiger partial charge on any atom is 0.133 e. The number of ketones is 1. The molecule has 0 aromatic rings. The highest BCUT2D eigenvalue weighted by Crippen LogP contribution is 2.66. The Bertz CT molecular complexity index is 601. The van der Waals surface area contributed by atoms with Crippen molar-refractivity contribution in [2.24, 2.45) is 39.6 Å². The molecular formula is C19H29N3O2. The van der Waals surface area contributed by atoms with Crippen LogP contribution in [0.2, 0.25) is 0 Å². The van der Waals surface area contributed by atoms with E-state index in [-0.39, 0.29) is 11.5 Å². The van der Waals surface area contributed by atoms with E-state index in [1.807, 2.05) is 0 Å². The largest absolute Gasteiger partial charge is 0.393 e. The molecule has 4 fully saturated rings. The van der Waals surface area contributed by atoms with Crippen molar-refractivity contribution in [1.29, 1.82) is 0 Å². The highest BCUT2D eigenvalue weighted by atomic mass is 16.3. The van der Waals surface area contributed by atoms with Gasteiger partial charge in [-0.05, 0) is 78.6 Å². The number of fused-ring (bicyclic) bond motifs is 5. The summed E-state index contributed by atoms with van der Waals surface area (Å²) in [6.07, 6.45) is 7.39. The van der Waals surface area contributed by atoms with Gasteiger partial charge in [0.2, 0.25) is 0 Å². The summed E-state index contributed by atoms with van der Waals surface area (Å²) < 4.78 is 0. The predicted octanol–water partition coefficient (Wildman–Crippen LogP) is 4.25. The Balaban J connectivity index is 1.65. The number of hydrogen-bond donors (Lipinski definition) is 1. The average Bonchev–Trinajstić information content (AvgIpc) is 2.80. The summed E-state index contributed by atoms with van der Waals surface area (Å²) in [5.74, 6) is 2.75. The number of Topliss-reactive ketones (excluding diaryl/α,β-unsaturated/α-hetero) is 1. The summed E-state index contributed by atoms with van der Waals surface area (Å²) in [4.78, 5) is 15.0. The minimum Gasteiger partial charge on any atom is -0.393 e. The van der Waals surface area contributed by atoms with E-state index in [1.54, 1.807) is 0 Å².